The van der Waals surface area contributed by atoms with Gasteiger partial charge in [-0.15, -0.1) is 0 Å². The number of para-hydroxylation sites is 1. The predicted octanol–water partition coefficient (Wildman–Crippen LogP) is 4.55. The van der Waals surface area contributed by atoms with Crippen molar-refractivity contribution in [1.82, 2.24) is 14.7 Å². The maximum Gasteiger partial charge on any atom is 0.133 e. The van der Waals surface area contributed by atoms with Gasteiger partial charge in [-0.2, -0.15) is 5.10 Å². The second kappa shape index (κ2) is 9.01. The van der Waals surface area contributed by atoms with Gasteiger partial charge in [0.15, 0.2) is 0 Å². The lowest BCUT2D eigenvalue weighted by atomic mass is 10.0. The van der Waals surface area contributed by atoms with Crippen LogP contribution < -0.4 is 16.2 Å². The number of nitrogens with two attached hydrogens (primary N) is 2. The summed E-state index contributed by atoms with van der Waals surface area (Å²) in [5.74, 6) is 1.79. The third-order valence-electron chi connectivity index (χ3n) is 5.71. The first-order valence-corrected chi connectivity index (χ1v) is 10.6. The molecule has 7 heteroatoms. The number of nitrogens with zero attached hydrogens (tertiary/aromatic N) is 3. The summed E-state index contributed by atoms with van der Waals surface area (Å²) in [6.07, 6.45) is 3.70. The van der Waals surface area contributed by atoms with Gasteiger partial charge in [-0.25, -0.2) is 4.68 Å². The van der Waals surface area contributed by atoms with Crippen LogP contribution in [0, 0.1) is 5.41 Å². The Bertz CT molecular complexity index is 1130. The van der Waals surface area contributed by atoms with Gasteiger partial charge >= 0.3 is 0 Å². The number of rotatable bonds is 7. The summed E-state index contributed by atoms with van der Waals surface area (Å²) >= 11 is 0. The molecule has 0 saturated carbocycles. The van der Waals surface area contributed by atoms with Gasteiger partial charge in [0.25, 0.3) is 0 Å². The average molecular weight is 429 g/mol. The van der Waals surface area contributed by atoms with E-state index in [1.807, 2.05) is 59.3 Å². The summed E-state index contributed by atoms with van der Waals surface area (Å²) in [5.41, 5.74) is 15.1. The molecule has 0 spiro atoms. The number of hydrogen-bond acceptors (Lipinski definition) is 5. The van der Waals surface area contributed by atoms with Crippen LogP contribution in [0.15, 0.2) is 79.5 Å². The fourth-order valence-electron chi connectivity index (χ4n) is 4.04. The number of allylic oxidation sites excluding steroid dienone is 1. The summed E-state index contributed by atoms with van der Waals surface area (Å²) in [7, 11) is 0. The summed E-state index contributed by atoms with van der Waals surface area (Å²) in [6.45, 7) is 9.55. The van der Waals surface area contributed by atoms with Crippen LogP contribution in [0.1, 0.15) is 24.4 Å². The van der Waals surface area contributed by atoms with Gasteiger partial charge in [0.05, 0.1) is 11.6 Å². The molecular formula is C25H28N6O. The molecule has 164 valence electrons. The Balaban J connectivity index is 1.63. The van der Waals surface area contributed by atoms with E-state index in [1.165, 1.54) is 0 Å². The number of hydrogen-bond donors (Lipinski definition) is 3. The molecule has 0 bridgehead atoms. The maximum absolute atomic E-state index is 8.10. The number of benzene rings is 2. The largest absolute Gasteiger partial charge is 0.457 e. The Kier molecular flexibility index (Phi) is 5.98. The minimum absolute atomic E-state index is 0.0630. The van der Waals surface area contributed by atoms with E-state index in [-0.39, 0.29) is 11.9 Å². The number of likely N-dealkylation sites (tertiary alicyclic amines) is 1. The summed E-state index contributed by atoms with van der Waals surface area (Å²) in [4.78, 5) is 2.19. The molecule has 3 aromatic rings. The molecule has 1 fully saturated rings. The lowest BCUT2D eigenvalue weighted by Gasteiger charge is -2.35. The van der Waals surface area contributed by atoms with E-state index in [1.54, 1.807) is 6.08 Å². The van der Waals surface area contributed by atoms with Crippen LogP contribution in [0.2, 0.25) is 0 Å². The first-order chi connectivity index (χ1) is 15.5. The van der Waals surface area contributed by atoms with Gasteiger partial charge in [-0.3, -0.25) is 5.41 Å². The van der Waals surface area contributed by atoms with Crippen molar-refractivity contribution in [3.8, 4) is 22.8 Å². The monoisotopic (exact) mass is 428 g/mol. The Hall–Kier alpha value is -4.00. The van der Waals surface area contributed by atoms with Gasteiger partial charge in [0.1, 0.15) is 28.8 Å². The molecule has 1 aliphatic rings. The highest BCUT2D eigenvalue weighted by Gasteiger charge is 2.27. The molecule has 32 heavy (non-hydrogen) atoms. The highest BCUT2D eigenvalue weighted by Crippen LogP contribution is 2.33. The van der Waals surface area contributed by atoms with Crippen molar-refractivity contribution >= 4 is 11.7 Å². The van der Waals surface area contributed by atoms with E-state index in [9.17, 15) is 0 Å². The first-order valence-electron chi connectivity index (χ1n) is 10.6. The van der Waals surface area contributed by atoms with Crippen LogP contribution in [0.4, 0.5) is 5.82 Å². The molecule has 1 atom stereocenters. The quantitative estimate of drug-likeness (QED) is 0.291. The number of anilines is 1. The van der Waals surface area contributed by atoms with Crippen molar-refractivity contribution in [3.05, 3.63) is 85.1 Å². The van der Waals surface area contributed by atoms with E-state index in [0.29, 0.717) is 22.8 Å². The highest BCUT2D eigenvalue weighted by molar-refractivity contribution is 6.04. The Morgan fingerprint density at radius 1 is 1.12 bits per heavy atom. The smallest absolute Gasteiger partial charge is 0.133 e. The minimum Gasteiger partial charge on any atom is -0.457 e. The lowest BCUT2D eigenvalue weighted by Crippen LogP contribution is -2.36. The van der Waals surface area contributed by atoms with Crippen LogP contribution in [-0.4, -0.2) is 33.6 Å². The molecular weight excluding hydrogens is 400 g/mol. The Morgan fingerprint density at radius 3 is 2.47 bits per heavy atom. The van der Waals surface area contributed by atoms with Crippen LogP contribution in [0.3, 0.4) is 0 Å². The van der Waals surface area contributed by atoms with Crippen LogP contribution in [-0.2, 0) is 0 Å². The van der Waals surface area contributed by atoms with Crippen LogP contribution in [0.5, 0.6) is 11.5 Å². The molecule has 2 heterocycles. The molecule has 0 amide bonds. The third-order valence-corrected chi connectivity index (χ3v) is 5.71. The molecule has 0 radical (unpaired) electrons. The zero-order chi connectivity index (χ0) is 22.7. The van der Waals surface area contributed by atoms with E-state index in [4.69, 9.17) is 26.7 Å². The molecule has 0 aliphatic carbocycles. The zero-order valence-electron chi connectivity index (χ0n) is 18.0. The summed E-state index contributed by atoms with van der Waals surface area (Å²) in [6, 6.07) is 17.2. The SMILES string of the molecule is C=CC(=C)N1CCCC(n2nc(-c3ccc(Oc4ccccc4)cc3)c(C(=N)N)c2N)C1. The highest BCUT2D eigenvalue weighted by atomic mass is 16.5. The zero-order valence-corrected chi connectivity index (χ0v) is 18.0. The second-order valence-corrected chi connectivity index (χ2v) is 7.84. The Morgan fingerprint density at radius 2 is 1.81 bits per heavy atom. The van der Waals surface area contributed by atoms with Gasteiger partial charge in [-0.1, -0.05) is 31.4 Å². The fourth-order valence-corrected chi connectivity index (χ4v) is 4.04. The second-order valence-electron chi connectivity index (χ2n) is 7.84. The first kappa shape index (κ1) is 21.2. The Labute approximate surface area is 188 Å². The molecule has 1 aromatic heterocycles. The number of amidine groups is 1. The van der Waals surface area contributed by atoms with Crippen LogP contribution >= 0.6 is 0 Å². The van der Waals surface area contributed by atoms with Crippen molar-refractivity contribution in [3.63, 3.8) is 0 Å². The number of nitrogens with one attached hydrogen (secondary N) is 1. The van der Waals surface area contributed by atoms with Crippen molar-refractivity contribution in [2.24, 2.45) is 5.73 Å². The molecule has 5 N–H and O–H groups in total. The fraction of sp³-hybridized carbons (Fsp3) is 0.200. The molecule has 1 saturated heterocycles. The normalized spacial score (nSPS) is 15.9. The standard InChI is InChI=1S/C25H28N6O/c1-3-17(2)30-15-7-8-19(16-30)31-25(28)22(24(26)27)23(29-31)18-11-13-21(14-12-18)32-20-9-5-4-6-10-20/h3-6,9-14,19H,1-2,7-8,15-16,28H2,(H3,26,27). The van der Waals surface area contributed by atoms with Crippen molar-refractivity contribution in [2.75, 3.05) is 18.8 Å². The molecule has 4 rings (SSSR count). The number of aromatic nitrogens is 2. The predicted molar refractivity (Wildman–Crippen MR) is 129 cm³/mol. The number of nitrogen functional groups attached to an aromatic ring is 2. The van der Waals surface area contributed by atoms with Gasteiger partial charge in [0, 0.05) is 24.4 Å². The third kappa shape index (κ3) is 4.23. The number of ether oxygens (including phenoxy) is 1. The molecule has 1 unspecified atom stereocenters. The van der Waals surface area contributed by atoms with Crippen molar-refractivity contribution in [1.29, 1.82) is 5.41 Å². The van der Waals surface area contributed by atoms with E-state index in [0.717, 1.165) is 42.9 Å². The van der Waals surface area contributed by atoms with E-state index >= 15 is 0 Å². The van der Waals surface area contributed by atoms with E-state index < -0.39 is 0 Å². The maximum atomic E-state index is 8.10. The average Bonchev–Trinajstić information content (AvgIpc) is 3.17. The topological polar surface area (TPSA) is 106 Å². The lowest BCUT2D eigenvalue weighted by molar-refractivity contribution is 0.217. The van der Waals surface area contributed by atoms with Gasteiger partial charge in [0.2, 0.25) is 0 Å². The van der Waals surface area contributed by atoms with Crippen molar-refractivity contribution in [2.45, 2.75) is 18.9 Å². The van der Waals surface area contributed by atoms with Crippen LogP contribution in [0.25, 0.3) is 11.3 Å². The summed E-state index contributed by atoms with van der Waals surface area (Å²) in [5, 5.41) is 12.9. The molecule has 1 aliphatic heterocycles. The van der Waals surface area contributed by atoms with E-state index in [2.05, 4.69) is 18.1 Å². The minimum atomic E-state index is -0.100. The number of piperidine rings is 1. The molecule has 7 nitrogen and oxygen atoms in total. The molecule has 2 aromatic carbocycles. The van der Waals surface area contributed by atoms with Gasteiger partial charge < -0.3 is 21.1 Å². The van der Waals surface area contributed by atoms with Crippen molar-refractivity contribution < 1.29 is 4.74 Å². The summed E-state index contributed by atoms with van der Waals surface area (Å²) < 4.78 is 7.69. The van der Waals surface area contributed by atoms with Gasteiger partial charge in [-0.05, 0) is 55.3 Å².